The zero-order valence-corrected chi connectivity index (χ0v) is 20.7. The van der Waals surface area contributed by atoms with Crippen LogP contribution in [0.2, 0.25) is 0 Å². The highest BCUT2D eigenvalue weighted by molar-refractivity contribution is 6.09. The van der Waals surface area contributed by atoms with Gasteiger partial charge in [-0.2, -0.15) is 0 Å². The molecule has 0 N–H and O–H groups in total. The van der Waals surface area contributed by atoms with Crippen LogP contribution in [0.5, 0.6) is 11.5 Å². The van der Waals surface area contributed by atoms with E-state index in [0.29, 0.717) is 40.4 Å². The summed E-state index contributed by atoms with van der Waals surface area (Å²) < 4.78 is 22.4. The molecule has 4 rings (SSSR count). The Hall–Kier alpha value is -4.32. The number of furan rings is 1. The number of rotatable bonds is 9. The zero-order valence-electron chi connectivity index (χ0n) is 20.7. The van der Waals surface area contributed by atoms with E-state index in [1.54, 1.807) is 33.1 Å². The molecule has 4 aromatic rings. The van der Waals surface area contributed by atoms with Gasteiger partial charge in [0.15, 0.2) is 11.3 Å². The summed E-state index contributed by atoms with van der Waals surface area (Å²) in [5.74, 6) is 0.173. The third-order valence-electron chi connectivity index (χ3n) is 5.79. The summed E-state index contributed by atoms with van der Waals surface area (Å²) >= 11 is 0. The minimum atomic E-state index is -0.485. The third-order valence-corrected chi connectivity index (χ3v) is 5.79. The average Bonchev–Trinajstić information content (AvgIpc) is 3.24. The maximum atomic E-state index is 11.9. The van der Waals surface area contributed by atoms with Crippen LogP contribution in [0.4, 0.5) is 0 Å². The van der Waals surface area contributed by atoms with E-state index in [1.807, 2.05) is 30.3 Å². The Kier molecular flexibility index (Phi) is 7.25. The van der Waals surface area contributed by atoms with Crippen LogP contribution in [0.1, 0.15) is 25.8 Å². The van der Waals surface area contributed by atoms with E-state index in [1.165, 1.54) is 0 Å². The lowest BCUT2D eigenvalue weighted by Crippen LogP contribution is -2.07. The molecule has 184 valence electrons. The third kappa shape index (κ3) is 5.18. The van der Waals surface area contributed by atoms with Gasteiger partial charge in [-0.05, 0) is 62.1 Å². The van der Waals surface area contributed by atoms with Crippen molar-refractivity contribution in [3.05, 3.63) is 84.5 Å². The zero-order chi connectivity index (χ0) is 25.8. The fourth-order valence-electron chi connectivity index (χ4n) is 3.90. The van der Waals surface area contributed by atoms with Gasteiger partial charge in [-0.25, -0.2) is 9.59 Å². The van der Waals surface area contributed by atoms with Gasteiger partial charge in [0.05, 0.1) is 13.7 Å². The molecule has 0 aliphatic heterocycles. The maximum Gasteiger partial charge on any atom is 0.338 e. The molecule has 0 aliphatic carbocycles. The second-order valence-corrected chi connectivity index (χ2v) is 8.67. The first-order chi connectivity index (χ1) is 17.3. The lowest BCUT2D eigenvalue weighted by atomic mass is 9.99. The second-order valence-electron chi connectivity index (χ2n) is 8.67. The molecule has 0 saturated carbocycles. The minimum Gasteiger partial charge on any atom is -0.492 e. The van der Waals surface area contributed by atoms with Crippen molar-refractivity contribution in [3.8, 4) is 22.6 Å². The Morgan fingerprint density at radius 3 is 2.25 bits per heavy atom. The van der Waals surface area contributed by atoms with E-state index in [-0.39, 0.29) is 5.97 Å². The Balaban J connectivity index is 1.57. The smallest absolute Gasteiger partial charge is 0.338 e. The number of aryl methyl sites for hydroxylation is 1. The largest absolute Gasteiger partial charge is 0.492 e. The van der Waals surface area contributed by atoms with Crippen molar-refractivity contribution in [1.29, 1.82) is 0 Å². The average molecular weight is 485 g/mol. The van der Waals surface area contributed by atoms with Crippen molar-refractivity contribution in [2.24, 2.45) is 0 Å². The summed E-state index contributed by atoms with van der Waals surface area (Å²) in [5.41, 5.74) is 4.98. The molecule has 36 heavy (non-hydrogen) atoms. The van der Waals surface area contributed by atoms with Crippen LogP contribution >= 0.6 is 0 Å². The van der Waals surface area contributed by atoms with Crippen LogP contribution in [0, 0.1) is 0 Å². The van der Waals surface area contributed by atoms with Gasteiger partial charge in [0, 0.05) is 33.5 Å². The summed E-state index contributed by atoms with van der Waals surface area (Å²) in [6.45, 7) is 10.8. The fourth-order valence-corrected chi connectivity index (χ4v) is 3.90. The molecule has 0 fully saturated rings. The Bertz CT molecular complexity index is 1470. The molecular formula is C30H28O6. The quantitative estimate of drug-likeness (QED) is 0.113. The van der Waals surface area contributed by atoms with Crippen molar-refractivity contribution >= 4 is 33.9 Å². The first kappa shape index (κ1) is 24.8. The topological polar surface area (TPSA) is 75.0 Å². The molecule has 6 heteroatoms. The van der Waals surface area contributed by atoms with Gasteiger partial charge < -0.3 is 18.6 Å². The Morgan fingerprint density at radius 2 is 1.58 bits per heavy atom. The summed E-state index contributed by atoms with van der Waals surface area (Å²) in [6.07, 6.45) is 1.53. The van der Waals surface area contributed by atoms with Gasteiger partial charge in [0.1, 0.15) is 11.3 Å². The predicted molar refractivity (Wildman–Crippen MR) is 140 cm³/mol. The van der Waals surface area contributed by atoms with Crippen molar-refractivity contribution in [3.63, 3.8) is 0 Å². The molecule has 1 aromatic heterocycles. The SMILES string of the molecule is C=C(C)C(=O)OCCCc1ccc(-c2ccc3c(oc4cc(OC(=O)C(=C)C)ccc43)c2OC)cc1. The summed E-state index contributed by atoms with van der Waals surface area (Å²) in [7, 11) is 1.62. The fraction of sp³-hybridized carbons (Fsp3) is 0.200. The van der Waals surface area contributed by atoms with E-state index in [0.717, 1.165) is 40.3 Å². The molecule has 1 heterocycles. The van der Waals surface area contributed by atoms with Gasteiger partial charge >= 0.3 is 11.9 Å². The molecule has 0 radical (unpaired) electrons. The number of fused-ring (bicyclic) bond motifs is 3. The van der Waals surface area contributed by atoms with E-state index >= 15 is 0 Å². The highest BCUT2D eigenvalue weighted by Gasteiger charge is 2.17. The molecule has 0 amide bonds. The Morgan fingerprint density at radius 1 is 0.889 bits per heavy atom. The Labute approximate surface area is 209 Å². The first-order valence-electron chi connectivity index (χ1n) is 11.6. The van der Waals surface area contributed by atoms with E-state index in [9.17, 15) is 9.59 Å². The number of benzene rings is 3. The first-order valence-corrected chi connectivity index (χ1v) is 11.6. The number of hydrogen-bond acceptors (Lipinski definition) is 6. The summed E-state index contributed by atoms with van der Waals surface area (Å²) in [4.78, 5) is 23.4. The van der Waals surface area contributed by atoms with Crippen LogP contribution in [0.3, 0.4) is 0 Å². The summed E-state index contributed by atoms with van der Waals surface area (Å²) in [6, 6.07) is 17.5. The van der Waals surface area contributed by atoms with Gasteiger partial charge in [0.25, 0.3) is 0 Å². The van der Waals surface area contributed by atoms with Crippen LogP contribution in [0.15, 0.2) is 83.3 Å². The number of carbonyl (C=O) groups excluding carboxylic acids is 2. The van der Waals surface area contributed by atoms with Crippen LogP contribution in [0.25, 0.3) is 33.1 Å². The molecule has 0 atom stereocenters. The lowest BCUT2D eigenvalue weighted by molar-refractivity contribution is -0.139. The number of carbonyl (C=O) groups is 2. The number of methoxy groups -OCH3 is 1. The van der Waals surface area contributed by atoms with E-state index < -0.39 is 5.97 Å². The molecule has 0 spiro atoms. The predicted octanol–water partition coefficient (Wildman–Crippen LogP) is 6.80. The van der Waals surface area contributed by atoms with Gasteiger partial charge in [-0.3, -0.25) is 0 Å². The van der Waals surface area contributed by atoms with Crippen LogP contribution in [-0.4, -0.2) is 25.7 Å². The van der Waals surface area contributed by atoms with Crippen LogP contribution in [-0.2, 0) is 20.7 Å². The van der Waals surface area contributed by atoms with E-state index in [2.05, 4.69) is 25.3 Å². The molecule has 0 unspecified atom stereocenters. The van der Waals surface area contributed by atoms with Crippen molar-refractivity contribution < 1.29 is 28.2 Å². The molecule has 0 aliphatic rings. The lowest BCUT2D eigenvalue weighted by Gasteiger charge is -2.10. The monoisotopic (exact) mass is 484 g/mol. The van der Waals surface area contributed by atoms with Gasteiger partial charge in [-0.15, -0.1) is 0 Å². The molecule has 6 nitrogen and oxygen atoms in total. The number of ether oxygens (including phenoxy) is 3. The van der Waals surface area contributed by atoms with Crippen molar-refractivity contribution in [2.45, 2.75) is 26.7 Å². The second kappa shape index (κ2) is 10.5. The highest BCUT2D eigenvalue weighted by atomic mass is 16.5. The summed E-state index contributed by atoms with van der Waals surface area (Å²) in [5, 5.41) is 1.80. The van der Waals surface area contributed by atoms with Gasteiger partial charge in [-0.1, -0.05) is 37.4 Å². The maximum absolute atomic E-state index is 11.9. The molecular weight excluding hydrogens is 456 g/mol. The van der Waals surface area contributed by atoms with Crippen molar-refractivity contribution in [1.82, 2.24) is 0 Å². The van der Waals surface area contributed by atoms with Crippen LogP contribution < -0.4 is 9.47 Å². The van der Waals surface area contributed by atoms with Gasteiger partial charge in [0.2, 0.25) is 0 Å². The van der Waals surface area contributed by atoms with E-state index in [4.69, 9.17) is 18.6 Å². The molecule has 0 saturated heterocycles. The highest BCUT2D eigenvalue weighted by Crippen LogP contribution is 2.42. The standard InChI is InChI=1S/C30H28O6/c1-18(2)29(31)34-16-6-7-20-8-10-21(11-9-20)23-14-15-25-24-13-12-22(35-30(32)19(3)4)17-26(24)36-28(25)27(23)33-5/h8-15,17H,1,3,6-7,16H2,2,4-5H3. The normalized spacial score (nSPS) is 10.9. The minimum absolute atomic E-state index is 0.322. The number of hydrogen-bond donors (Lipinski definition) is 0. The number of esters is 2. The molecule has 0 bridgehead atoms. The molecule has 3 aromatic carbocycles. The van der Waals surface area contributed by atoms with Crippen molar-refractivity contribution in [2.75, 3.05) is 13.7 Å².